The van der Waals surface area contributed by atoms with Gasteiger partial charge >= 0.3 is 5.97 Å². The Hall–Kier alpha value is -3.20. The molecule has 0 amide bonds. The molecular weight excluding hydrogens is 412 g/mol. The molecule has 0 fully saturated rings. The van der Waals surface area contributed by atoms with Gasteiger partial charge in [-0.1, -0.05) is 12.1 Å². The third kappa shape index (κ3) is 4.50. The molecule has 0 saturated heterocycles. The highest BCUT2D eigenvalue weighted by molar-refractivity contribution is 9.10. The number of carbonyl (C=O) groups excluding carboxylic acids is 1. The van der Waals surface area contributed by atoms with Crippen LogP contribution in [-0.2, 0) is 4.74 Å². The maximum absolute atomic E-state index is 12.1. The molecule has 3 rings (SSSR count). The van der Waals surface area contributed by atoms with Gasteiger partial charge in [0, 0.05) is 10.7 Å². The van der Waals surface area contributed by atoms with Gasteiger partial charge in [0.1, 0.15) is 17.8 Å². The molecule has 0 radical (unpaired) electrons. The Morgan fingerprint density at radius 1 is 1.11 bits per heavy atom. The van der Waals surface area contributed by atoms with Crippen LogP contribution in [0.4, 0.5) is 28.8 Å². The molecule has 138 valence electrons. The van der Waals surface area contributed by atoms with Crippen molar-refractivity contribution in [1.29, 1.82) is 0 Å². The number of hydrogen-bond acceptors (Lipinski definition) is 8. The zero-order valence-corrected chi connectivity index (χ0v) is 16.0. The van der Waals surface area contributed by atoms with Crippen LogP contribution in [0.2, 0.25) is 0 Å². The Morgan fingerprint density at radius 2 is 1.85 bits per heavy atom. The van der Waals surface area contributed by atoms with Gasteiger partial charge < -0.3 is 21.1 Å². The summed E-state index contributed by atoms with van der Waals surface area (Å²) in [5.74, 6) is 0.921. The van der Waals surface area contributed by atoms with Crippen LogP contribution >= 0.6 is 15.9 Å². The lowest BCUT2D eigenvalue weighted by Gasteiger charge is -2.14. The van der Waals surface area contributed by atoms with Crippen molar-refractivity contribution < 1.29 is 9.53 Å². The number of nitrogen functional groups attached to an aromatic ring is 1. The number of anilines is 5. The number of aromatic nitrogens is 3. The summed E-state index contributed by atoms with van der Waals surface area (Å²) in [7, 11) is 0. The van der Waals surface area contributed by atoms with Crippen LogP contribution in [0.25, 0.3) is 0 Å². The van der Waals surface area contributed by atoms with E-state index in [-0.39, 0.29) is 6.61 Å². The Kier molecular flexibility index (Phi) is 5.82. The Balaban J connectivity index is 1.87. The van der Waals surface area contributed by atoms with Crippen LogP contribution in [0.5, 0.6) is 0 Å². The second-order valence-electron chi connectivity index (χ2n) is 5.36. The van der Waals surface area contributed by atoms with E-state index in [2.05, 4.69) is 41.5 Å². The first-order chi connectivity index (χ1) is 13.1. The minimum Gasteiger partial charge on any atom is -0.462 e. The standard InChI is InChI=1S/C18H17BrN6O2/c1-2-27-18(26)12-5-3-4-6-13(12)24-16-15(20)17(23-10-22-16)25-14-8-7-11(19)9-21-14/h3-10H,2,20H2,1H3,(H2,21,22,23,24,25). The van der Waals surface area contributed by atoms with E-state index in [9.17, 15) is 4.79 Å². The number of carbonyl (C=O) groups is 1. The molecular formula is C18H17BrN6O2. The van der Waals surface area contributed by atoms with Crippen molar-refractivity contribution in [3.63, 3.8) is 0 Å². The summed E-state index contributed by atoms with van der Waals surface area (Å²) in [4.78, 5) is 24.7. The number of nitrogens with zero attached hydrogens (tertiary/aromatic N) is 3. The highest BCUT2D eigenvalue weighted by atomic mass is 79.9. The van der Waals surface area contributed by atoms with Crippen molar-refractivity contribution in [2.45, 2.75) is 6.92 Å². The minimum atomic E-state index is -0.425. The fourth-order valence-electron chi connectivity index (χ4n) is 2.27. The summed E-state index contributed by atoms with van der Waals surface area (Å²) in [6, 6.07) is 10.6. The number of halogens is 1. The number of esters is 1. The van der Waals surface area contributed by atoms with Gasteiger partial charge in [0.2, 0.25) is 0 Å². The van der Waals surface area contributed by atoms with Crippen molar-refractivity contribution in [2.75, 3.05) is 23.0 Å². The van der Waals surface area contributed by atoms with Crippen LogP contribution in [-0.4, -0.2) is 27.5 Å². The van der Waals surface area contributed by atoms with Gasteiger partial charge in [0.25, 0.3) is 0 Å². The molecule has 27 heavy (non-hydrogen) atoms. The molecule has 0 bridgehead atoms. The molecule has 2 aromatic heterocycles. The van der Waals surface area contributed by atoms with Crippen molar-refractivity contribution >= 4 is 50.7 Å². The van der Waals surface area contributed by atoms with E-state index in [4.69, 9.17) is 10.5 Å². The van der Waals surface area contributed by atoms with Crippen molar-refractivity contribution in [3.8, 4) is 0 Å². The van der Waals surface area contributed by atoms with Gasteiger partial charge in [-0.2, -0.15) is 0 Å². The molecule has 0 atom stereocenters. The average Bonchev–Trinajstić information content (AvgIpc) is 2.67. The number of nitrogens with two attached hydrogens (primary N) is 1. The zero-order chi connectivity index (χ0) is 19.2. The number of benzene rings is 1. The fraction of sp³-hybridized carbons (Fsp3) is 0.111. The molecule has 4 N–H and O–H groups in total. The topological polar surface area (TPSA) is 115 Å². The molecule has 0 aliphatic carbocycles. The second-order valence-corrected chi connectivity index (χ2v) is 6.28. The minimum absolute atomic E-state index is 0.289. The normalized spacial score (nSPS) is 10.3. The highest BCUT2D eigenvalue weighted by Crippen LogP contribution is 2.29. The van der Waals surface area contributed by atoms with Crippen LogP contribution in [0, 0.1) is 0 Å². The van der Waals surface area contributed by atoms with Gasteiger partial charge in [-0.15, -0.1) is 0 Å². The van der Waals surface area contributed by atoms with Crippen LogP contribution < -0.4 is 16.4 Å². The smallest absolute Gasteiger partial charge is 0.340 e. The van der Waals surface area contributed by atoms with E-state index >= 15 is 0 Å². The molecule has 0 aliphatic heterocycles. The first-order valence-electron chi connectivity index (χ1n) is 8.10. The largest absolute Gasteiger partial charge is 0.462 e. The number of hydrogen-bond donors (Lipinski definition) is 3. The molecule has 3 aromatic rings. The third-order valence-corrected chi connectivity index (χ3v) is 4.00. The maximum Gasteiger partial charge on any atom is 0.340 e. The van der Waals surface area contributed by atoms with Crippen molar-refractivity contribution in [2.24, 2.45) is 0 Å². The molecule has 0 spiro atoms. The fourth-order valence-corrected chi connectivity index (χ4v) is 2.51. The lowest BCUT2D eigenvalue weighted by atomic mass is 10.2. The lowest BCUT2D eigenvalue weighted by molar-refractivity contribution is 0.0527. The summed E-state index contributed by atoms with van der Waals surface area (Å²) >= 11 is 3.34. The molecule has 0 aliphatic rings. The molecule has 1 aromatic carbocycles. The number of ether oxygens (including phenoxy) is 1. The number of rotatable bonds is 6. The quantitative estimate of drug-likeness (QED) is 0.506. The first-order valence-corrected chi connectivity index (χ1v) is 8.90. The van der Waals surface area contributed by atoms with E-state index in [1.165, 1.54) is 6.33 Å². The SMILES string of the molecule is CCOC(=O)c1ccccc1Nc1ncnc(Nc2ccc(Br)cn2)c1N. The first kappa shape index (κ1) is 18.6. The molecule has 8 nitrogen and oxygen atoms in total. The van der Waals surface area contributed by atoms with E-state index in [1.54, 1.807) is 43.5 Å². The Labute approximate surface area is 164 Å². The second kappa shape index (κ2) is 8.45. The van der Waals surface area contributed by atoms with Gasteiger partial charge in [0.15, 0.2) is 11.6 Å². The highest BCUT2D eigenvalue weighted by Gasteiger charge is 2.15. The summed E-state index contributed by atoms with van der Waals surface area (Å²) in [5, 5.41) is 6.11. The van der Waals surface area contributed by atoms with Gasteiger partial charge in [-0.3, -0.25) is 0 Å². The van der Waals surface area contributed by atoms with E-state index in [0.29, 0.717) is 34.4 Å². The summed E-state index contributed by atoms with van der Waals surface area (Å²) in [6.45, 7) is 2.04. The number of pyridine rings is 1. The third-order valence-electron chi connectivity index (χ3n) is 3.53. The number of nitrogens with one attached hydrogen (secondary N) is 2. The zero-order valence-electron chi connectivity index (χ0n) is 14.4. The predicted molar refractivity (Wildman–Crippen MR) is 107 cm³/mol. The lowest BCUT2D eigenvalue weighted by Crippen LogP contribution is -2.10. The number of para-hydroxylation sites is 1. The Morgan fingerprint density at radius 3 is 2.56 bits per heavy atom. The van der Waals surface area contributed by atoms with Gasteiger partial charge in [0.05, 0.1) is 17.9 Å². The molecule has 9 heteroatoms. The average molecular weight is 429 g/mol. The molecule has 0 saturated carbocycles. The van der Waals surface area contributed by atoms with Crippen molar-refractivity contribution in [1.82, 2.24) is 15.0 Å². The molecule has 0 unspecified atom stereocenters. The molecule has 2 heterocycles. The summed E-state index contributed by atoms with van der Waals surface area (Å²) < 4.78 is 5.94. The van der Waals surface area contributed by atoms with E-state index < -0.39 is 5.97 Å². The van der Waals surface area contributed by atoms with Crippen molar-refractivity contribution in [3.05, 3.63) is 59.0 Å². The van der Waals surface area contributed by atoms with Gasteiger partial charge in [-0.05, 0) is 47.1 Å². The maximum atomic E-state index is 12.1. The summed E-state index contributed by atoms with van der Waals surface area (Å²) in [5.41, 5.74) is 7.41. The van der Waals surface area contributed by atoms with Crippen LogP contribution in [0.3, 0.4) is 0 Å². The van der Waals surface area contributed by atoms with Crippen LogP contribution in [0.1, 0.15) is 17.3 Å². The van der Waals surface area contributed by atoms with E-state index in [1.807, 2.05) is 6.07 Å². The van der Waals surface area contributed by atoms with E-state index in [0.717, 1.165) is 4.47 Å². The monoisotopic (exact) mass is 428 g/mol. The summed E-state index contributed by atoms with van der Waals surface area (Å²) in [6.07, 6.45) is 3.03. The van der Waals surface area contributed by atoms with Crippen LogP contribution in [0.15, 0.2) is 53.4 Å². The van der Waals surface area contributed by atoms with Gasteiger partial charge in [-0.25, -0.2) is 19.7 Å². The predicted octanol–water partition coefficient (Wildman–Crippen LogP) is 3.88. The Bertz CT molecular complexity index is 949.